The van der Waals surface area contributed by atoms with Crippen LogP contribution in [0.5, 0.6) is 0 Å². The lowest BCUT2D eigenvalue weighted by atomic mass is 9.92. The van der Waals surface area contributed by atoms with Crippen LogP contribution in [0.3, 0.4) is 0 Å². The Kier molecular flexibility index (Phi) is 4.73. The van der Waals surface area contributed by atoms with E-state index in [1.54, 1.807) is 12.1 Å². The Labute approximate surface area is 162 Å². The fourth-order valence-electron chi connectivity index (χ4n) is 3.09. The number of carbonyl (C=O) groups is 1. The normalized spacial score (nSPS) is 10.5. The van der Waals surface area contributed by atoms with Crippen LogP contribution in [0.4, 0.5) is 0 Å². The minimum atomic E-state index is -0.115. The number of ketones is 1. The van der Waals surface area contributed by atoms with Crippen LogP contribution in [0.15, 0.2) is 91.0 Å². The van der Waals surface area contributed by atoms with E-state index in [-0.39, 0.29) is 5.78 Å². The van der Waals surface area contributed by atoms with Crippen LogP contribution in [0.1, 0.15) is 15.9 Å². The number of nitrogens with one attached hydrogen (secondary N) is 1. The van der Waals surface area contributed by atoms with Crippen molar-refractivity contribution < 1.29 is 4.79 Å². The third kappa shape index (κ3) is 3.35. The maximum atomic E-state index is 13.3. The second kappa shape index (κ2) is 7.48. The Hall–Kier alpha value is -3.37. The predicted molar refractivity (Wildman–Crippen MR) is 110 cm³/mol. The molecular weight excluding hydrogens is 352 g/mol. The lowest BCUT2D eigenvalue weighted by molar-refractivity contribution is 0.103. The second-order valence-electron chi connectivity index (χ2n) is 6.08. The summed E-state index contributed by atoms with van der Waals surface area (Å²) in [5, 5.41) is 7.35. The maximum Gasteiger partial charge on any atom is 0.196 e. The first kappa shape index (κ1) is 17.1. The van der Waals surface area contributed by atoms with E-state index < -0.39 is 0 Å². The van der Waals surface area contributed by atoms with Crippen molar-refractivity contribution in [3.05, 3.63) is 107 Å². The molecule has 4 aromatic rings. The number of hydrogen-bond acceptors (Lipinski definition) is 3. The van der Waals surface area contributed by atoms with Crippen LogP contribution in [-0.4, -0.2) is 16.0 Å². The summed E-state index contributed by atoms with van der Waals surface area (Å²) in [7, 11) is 0. The summed E-state index contributed by atoms with van der Waals surface area (Å²) in [4.78, 5) is 13.3. The van der Waals surface area contributed by atoms with Crippen LogP contribution in [-0.2, 0) is 0 Å². The van der Waals surface area contributed by atoms with E-state index in [1.807, 2.05) is 78.9 Å². The average Bonchev–Trinajstić information content (AvgIpc) is 2.75. The van der Waals surface area contributed by atoms with Crippen molar-refractivity contribution >= 4 is 18.0 Å². The first-order valence-electron chi connectivity index (χ1n) is 8.59. The Morgan fingerprint density at radius 1 is 0.741 bits per heavy atom. The largest absolute Gasteiger partial charge is 0.288 e. The summed E-state index contributed by atoms with van der Waals surface area (Å²) in [6.45, 7) is 0. The van der Waals surface area contributed by atoms with Gasteiger partial charge >= 0.3 is 0 Å². The van der Waals surface area contributed by atoms with Crippen molar-refractivity contribution in [3.8, 4) is 22.4 Å². The van der Waals surface area contributed by atoms with Gasteiger partial charge in [0.25, 0.3) is 0 Å². The van der Waals surface area contributed by atoms with Crippen molar-refractivity contribution in [1.29, 1.82) is 0 Å². The predicted octanol–water partition coefficient (Wildman–Crippen LogP) is 5.70. The zero-order chi connectivity index (χ0) is 18.6. The van der Waals surface area contributed by atoms with E-state index in [0.29, 0.717) is 21.5 Å². The van der Waals surface area contributed by atoms with Gasteiger partial charge in [0, 0.05) is 16.7 Å². The summed E-state index contributed by atoms with van der Waals surface area (Å²) >= 11 is 5.49. The Balaban J connectivity index is 2.04. The van der Waals surface area contributed by atoms with E-state index in [0.717, 1.165) is 16.7 Å². The van der Waals surface area contributed by atoms with Crippen molar-refractivity contribution in [3.63, 3.8) is 0 Å². The topological polar surface area (TPSA) is 45.8 Å². The molecule has 27 heavy (non-hydrogen) atoms. The number of nitrogens with zero attached hydrogens (tertiary/aromatic N) is 1. The average molecular weight is 368 g/mol. The molecule has 130 valence electrons. The molecule has 4 heteroatoms. The molecule has 1 N–H and O–H groups in total. The van der Waals surface area contributed by atoms with E-state index in [4.69, 9.17) is 12.2 Å². The first-order chi connectivity index (χ1) is 13.3. The molecule has 0 aliphatic heterocycles. The van der Waals surface area contributed by atoms with Crippen LogP contribution in [0, 0.1) is 4.64 Å². The van der Waals surface area contributed by atoms with E-state index in [1.165, 1.54) is 0 Å². The molecule has 0 aliphatic carbocycles. The highest BCUT2D eigenvalue weighted by Crippen LogP contribution is 2.34. The molecule has 4 rings (SSSR count). The zero-order valence-electron chi connectivity index (χ0n) is 14.4. The van der Waals surface area contributed by atoms with Gasteiger partial charge in [0.2, 0.25) is 0 Å². The highest BCUT2D eigenvalue weighted by molar-refractivity contribution is 7.71. The maximum absolute atomic E-state index is 13.3. The van der Waals surface area contributed by atoms with Gasteiger partial charge in [0.15, 0.2) is 5.78 Å². The summed E-state index contributed by atoms with van der Waals surface area (Å²) in [5.74, 6) is -0.115. The van der Waals surface area contributed by atoms with Gasteiger partial charge < -0.3 is 0 Å². The molecule has 3 nitrogen and oxygen atoms in total. The molecule has 0 radical (unpaired) electrons. The number of benzene rings is 3. The van der Waals surface area contributed by atoms with Gasteiger partial charge in [-0.25, -0.2) is 0 Å². The van der Waals surface area contributed by atoms with E-state index in [9.17, 15) is 4.79 Å². The molecule has 0 saturated heterocycles. The van der Waals surface area contributed by atoms with Gasteiger partial charge in [-0.05, 0) is 5.56 Å². The number of aromatic nitrogens is 2. The van der Waals surface area contributed by atoms with Gasteiger partial charge in [0.05, 0.1) is 11.3 Å². The molecule has 1 heterocycles. The Bertz CT molecular complexity index is 1140. The lowest BCUT2D eigenvalue weighted by Crippen LogP contribution is -2.08. The van der Waals surface area contributed by atoms with Gasteiger partial charge in [-0.2, -0.15) is 5.10 Å². The van der Waals surface area contributed by atoms with Crippen molar-refractivity contribution in [2.24, 2.45) is 0 Å². The molecule has 0 atom stereocenters. The molecular formula is C23H16N2OS. The van der Waals surface area contributed by atoms with E-state index in [2.05, 4.69) is 10.2 Å². The van der Waals surface area contributed by atoms with Crippen LogP contribution >= 0.6 is 12.2 Å². The quantitative estimate of drug-likeness (QED) is 0.371. The number of carbonyl (C=O) groups excluding carboxylic acids is 1. The highest BCUT2D eigenvalue weighted by atomic mass is 32.1. The number of aromatic amines is 1. The lowest BCUT2D eigenvalue weighted by Gasteiger charge is -2.14. The summed E-state index contributed by atoms with van der Waals surface area (Å²) in [6.07, 6.45) is 0. The minimum Gasteiger partial charge on any atom is -0.288 e. The molecule has 0 fully saturated rings. The van der Waals surface area contributed by atoms with Gasteiger partial charge in [-0.15, -0.1) is 0 Å². The number of rotatable bonds is 4. The molecule has 0 saturated carbocycles. The van der Waals surface area contributed by atoms with Crippen LogP contribution in [0.2, 0.25) is 0 Å². The fraction of sp³-hybridized carbons (Fsp3) is 0. The third-order valence-corrected chi connectivity index (χ3v) is 4.65. The van der Waals surface area contributed by atoms with Gasteiger partial charge in [-0.3, -0.25) is 9.89 Å². The molecule has 3 aromatic carbocycles. The fourth-order valence-corrected chi connectivity index (χ4v) is 3.33. The molecule has 0 amide bonds. The summed E-state index contributed by atoms with van der Waals surface area (Å²) < 4.78 is 0.336. The number of hydrogen-bond donors (Lipinski definition) is 1. The highest BCUT2D eigenvalue weighted by Gasteiger charge is 2.22. The van der Waals surface area contributed by atoms with Gasteiger partial charge in [-0.1, -0.05) is 103 Å². The smallest absolute Gasteiger partial charge is 0.196 e. The SMILES string of the molecule is O=C(c1ccccc1)c1c(-c2ccccc2)c(-c2ccccc2)n[nH]c1=S. The van der Waals surface area contributed by atoms with Crippen molar-refractivity contribution in [2.75, 3.05) is 0 Å². The molecule has 0 spiro atoms. The Morgan fingerprint density at radius 3 is 1.85 bits per heavy atom. The zero-order valence-corrected chi connectivity index (χ0v) is 15.2. The standard InChI is InChI=1S/C23H16N2OS/c26-22(18-14-8-3-9-15-18)20-19(16-10-4-1-5-11-16)21(24-25-23(20)27)17-12-6-2-7-13-17/h1-15H,(H,25,27). The van der Waals surface area contributed by atoms with Crippen molar-refractivity contribution in [2.45, 2.75) is 0 Å². The molecule has 0 unspecified atom stereocenters. The van der Waals surface area contributed by atoms with Crippen molar-refractivity contribution in [1.82, 2.24) is 10.2 Å². The second-order valence-corrected chi connectivity index (χ2v) is 6.49. The third-order valence-electron chi connectivity index (χ3n) is 4.36. The molecule has 0 aliphatic rings. The van der Waals surface area contributed by atoms with Crippen LogP contribution < -0.4 is 0 Å². The minimum absolute atomic E-state index is 0.115. The molecule has 0 bridgehead atoms. The monoisotopic (exact) mass is 368 g/mol. The first-order valence-corrected chi connectivity index (χ1v) is 9.00. The summed E-state index contributed by atoms with van der Waals surface area (Å²) in [5.41, 5.74) is 4.35. The molecule has 1 aromatic heterocycles. The summed E-state index contributed by atoms with van der Waals surface area (Å²) in [6, 6.07) is 28.8. The Morgan fingerprint density at radius 2 is 1.26 bits per heavy atom. The number of H-pyrrole nitrogens is 1. The van der Waals surface area contributed by atoms with E-state index >= 15 is 0 Å². The van der Waals surface area contributed by atoms with Crippen LogP contribution in [0.25, 0.3) is 22.4 Å². The van der Waals surface area contributed by atoms with Gasteiger partial charge in [0.1, 0.15) is 4.64 Å².